The number of phenols is 2. The van der Waals surface area contributed by atoms with Gasteiger partial charge in [0.05, 0.1) is 17.2 Å². The Labute approximate surface area is 165 Å². The van der Waals surface area contributed by atoms with Crippen molar-refractivity contribution in [3.05, 3.63) is 57.6 Å². The lowest BCUT2D eigenvalue weighted by molar-refractivity contribution is -0.151. The van der Waals surface area contributed by atoms with Crippen LogP contribution in [0.15, 0.2) is 24.3 Å². The summed E-state index contributed by atoms with van der Waals surface area (Å²) in [4.78, 5) is 37.0. The number of ether oxygens (including phenoxy) is 1. The molecule has 2 aliphatic carbocycles. The van der Waals surface area contributed by atoms with E-state index in [9.17, 15) is 34.8 Å². The predicted octanol–water partition coefficient (Wildman–Crippen LogP) is 1.15. The van der Waals surface area contributed by atoms with Crippen LogP contribution in [-0.2, 0) is 16.0 Å². The van der Waals surface area contributed by atoms with Crippen LogP contribution in [-0.4, -0.2) is 50.2 Å². The Morgan fingerprint density at radius 1 is 1.10 bits per heavy atom. The summed E-state index contributed by atoms with van der Waals surface area (Å²) < 4.78 is 4.85. The van der Waals surface area contributed by atoms with Gasteiger partial charge in [0.1, 0.15) is 23.7 Å². The number of hydrogen-bond acceptors (Lipinski definition) is 8. The fourth-order valence-electron chi connectivity index (χ4n) is 4.13. The van der Waals surface area contributed by atoms with Gasteiger partial charge in [0.25, 0.3) is 0 Å². The lowest BCUT2D eigenvalue weighted by Crippen LogP contribution is -2.43. The average molecular weight is 398 g/mol. The number of benzene rings is 2. The topological polar surface area (TPSA) is 141 Å². The van der Waals surface area contributed by atoms with Crippen molar-refractivity contribution in [3.63, 3.8) is 0 Å². The van der Waals surface area contributed by atoms with Gasteiger partial charge in [-0.05, 0) is 0 Å². The Hall–Kier alpha value is -3.23. The second-order valence-corrected chi connectivity index (χ2v) is 7.44. The zero-order valence-corrected chi connectivity index (χ0v) is 15.4. The third-order valence-electron chi connectivity index (χ3n) is 5.42. The van der Waals surface area contributed by atoms with Crippen LogP contribution in [0.2, 0.25) is 0 Å². The van der Waals surface area contributed by atoms with Crippen LogP contribution < -0.4 is 0 Å². The highest BCUT2D eigenvalue weighted by molar-refractivity contribution is 6.30. The molecule has 2 atom stereocenters. The van der Waals surface area contributed by atoms with Gasteiger partial charge >= 0.3 is 5.97 Å². The molecule has 0 aliphatic heterocycles. The number of hydrogen-bond donors (Lipinski definition) is 4. The molecule has 0 heterocycles. The maximum Gasteiger partial charge on any atom is 0.302 e. The van der Waals surface area contributed by atoms with E-state index in [-0.39, 0.29) is 46.2 Å². The molecule has 2 aromatic rings. The molecule has 2 aromatic carbocycles. The first kappa shape index (κ1) is 19.1. The molecule has 0 saturated heterocycles. The molecule has 2 aliphatic rings. The Kier molecular flexibility index (Phi) is 4.21. The van der Waals surface area contributed by atoms with Gasteiger partial charge in [0.2, 0.25) is 0 Å². The quantitative estimate of drug-likeness (QED) is 0.372. The highest BCUT2D eigenvalue weighted by atomic mass is 16.5. The number of esters is 1. The van der Waals surface area contributed by atoms with Gasteiger partial charge in [-0.1, -0.05) is 24.3 Å². The highest BCUT2D eigenvalue weighted by Gasteiger charge is 2.45. The number of fused-ring (bicyclic) bond motifs is 3. The van der Waals surface area contributed by atoms with E-state index < -0.39 is 47.3 Å². The number of carbonyl (C=O) groups is 3. The van der Waals surface area contributed by atoms with Gasteiger partial charge in [-0.3, -0.25) is 14.4 Å². The lowest BCUT2D eigenvalue weighted by atomic mass is 9.73. The highest BCUT2D eigenvalue weighted by Crippen LogP contribution is 2.50. The summed E-state index contributed by atoms with van der Waals surface area (Å²) in [5, 5.41) is 42.9. The molecule has 4 N–H and O–H groups in total. The van der Waals surface area contributed by atoms with Crippen molar-refractivity contribution in [2.75, 3.05) is 6.61 Å². The number of aromatic hydroxyl groups is 2. The molecule has 0 bridgehead atoms. The summed E-state index contributed by atoms with van der Waals surface area (Å²) >= 11 is 0. The average Bonchev–Trinajstić information content (AvgIpc) is 2.67. The van der Waals surface area contributed by atoms with Crippen LogP contribution in [0.3, 0.4) is 0 Å². The van der Waals surface area contributed by atoms with E-state index >= 15 is 0 Å². The van der Waals surface area contributed by atoms with Gasteiger partial charge < -0.3 is 25.2 Å². The van der Waals surface area contributed by atoms with Crippen molar-refractivity contribution in [2.45, 2.75) is 31.5 Å². The van der Waals surface area contributed by atoms with Crippen LogP contribution in [0.5, 0.6) is 11.5 Å². The summed E-state index contributed by atoms with van der Waals surface area (Å²) in [6.07, 6.45) is -2.03. The molecule has 0 aromatic heterocycles. The molecule has 0 amide bonds. The van der Waals surface area contributed by atoms with E-state index in [2.05, 4.69) is 0 Å². The summed E-state index contributed by atoms with van der Waals surface area (Å²) in [5.41, 5.74) is -2.44. The van der Waals surface area contributed by atoms with Crippen molar-refractivity contribution in [1.29, 1.82) is 0 Å². The number of aliphatic hydroxyl groups is 2. The van der Waals surface area contributed by atoms with Gasteiger partial charge in [0, 0.05) is 42.0 Å². The lowest BCUT2D eigenvalue weighted by Gasteiger charge is -2.37. The molecule has 0 fully saturated rings. The fraction of sp³-hybridized carbons (Fsp3) is 0.286. The molecule has 29 heavy (non-hydrogen) atoms. The summed E-state index contributed by atoms with van der Waals surface area (Å²) in [6.45, 7) is 0.726. The van der Waals surface area contributed by atoms with Gasteiger partial charge in [0.15, 0.2) is 11.6 Å². The molecule has 0 spiro atoms. The van der Waals surface area contributed by atoms with Gasteiger partial charge in [-0.25, -0.2) is 0 Å². The molecular weight excluding hydrogens is 380 g/mol. The molecule has 0 radical (unpaired) electrons. The summed E-state index contributed by atoms with van der Waals surface area (Å²) in [7, 11) is 0. The van der Waals surface area contributed by atoms with Gasteiger partial charge in [-0.15, -0.1) is 0 Å². The second-order valence-electron chi connectivity index (χ2n) is 7.44. The van der Waals surface area contributed by atoms with Crippen molar-refractivity contribution in [1.82, 2.24) is 0 Å². The minimum absolute atomic E-state index is 0.0600. The predicted molar refractivity (Wildman–Crippen MR) is 97.9 cm³/mol. The van der Waals surface area contributed by atoms with Crippen LogP contribution in [0.25, 0.3) is 0 Å². The monoisotopic (exact) mass is 398 g/mol. The minimum Gasteiger partial charge on any atom is -0.507 e. The molecule has 8 heteroatoms. The van der Waals surface area contributed by atoms with Crippen molar-refractivity contribution < 1.29 is 39.5 Å². The van der Waals surface area contributed by atoms with Crippen LogP contribution in [0.1, 0.15) is 62.4 Å². The first-order chi connectivity index (χ1) is 13.6. The Bertz CT molecular complexity index is 1090. The van der Waals surface area contributed by atoms with E-state index in [1.807, 2.05) is 0 Å². The number of carbonyl (C=O) groups excluding carboxylic acids is 3. The van der Waals surface area contributed by atoms with E-state index in [0.29, 0.717) is 0 Å². The Morgan fingerprint density at radius 3 is 2.21 bits per heavy atom. The van der Waals surface area contributed by atoms with E-state index in [0.717, 1.165) is 6.92 Å². The van der Waals surface area contributed by atoms with E-state index in [1.54, 1.807) is 12.1 Å². The zero-order valence-electron chi connectivity index (χ0n) is 15.4. The zero-order chi connectivity index (χ0) is 21.1. The summed E-state index contributed by atoms with van der Waals surface area (Å²) in [5.74, 6) is -3.09. The summed E-state index contributed by atoms with van der Waals surface area (Å²) in [6, 6.07) is 6.04. The number of rotatable bonds is 2. The van der Waals surface area contributed by atoms with E-state index in [4.69, 9.17) is 4.74 Å². The third-order valence-corrected chi connectivity index (χ3v) is 5.42. The maximum absolute atomic E-state index is 13.0. The van der Waals surface area contributed by atoms with E-state index in [1.165, 1.54) is 12.1 Å². The molecule has 0 saturated carbocycles. The standard InChI is InChI=1S/C21H18O8/c1-9(22)29-8-21(28)6-12-14(13(23)7-21)20(27)16-15(19(12)26)17(24)10-4-2-3-5-11(10)18(16)25/h2-5,13,23,26-28H,6-8H2,1H3/t13-,21+/m0/s1. The van der Waals surface area contributed by atoms with Crippen LogP contribution in [0.4, 0.5) is 0 Å². The Morgan fingerprint density at radius 2 is 1.66 bits per heavy atom. The number of phenolic OH excluding ortho intramolecular Hbond substituents is 2. The first-order valence-corrected chi connectivity index (χ1v) is 8.97. The molecule has 150 valence electrons. The second kappa shape index (κ2) is 6.40. The normalized spacial score (nSPS) is 22.5. The van der Waals surface area contributed by atoms with Crippen molar-refractivity contribution in [2.24, 2.45) is 0 Å². The first-order valence-electron chi connectivity index (χ1n) is 8.97. The maximum atomic E-state index is 13.0. The number of aliphatic hydroxyl groups excluding tert-OH is 1. The molecule has 4 rings (SSSR count). The van der Waals surface area contributed by atoms with Crippen molar-refractivity contribution in [3.8, 4) is 11.5 Å². The smallest absolute Gasteiger partial charge is 0.302 e. The SMILES string of the molecule is CC(=O)OC[C@@]1(O)Cc2c(O)c3c(c(O)c2[C@@H](O)C1)C(=O)c1ccccc1C3=O. The third kappa shape index (κ3) is 2.80. The number of ketones is 2. The largest absolute Gasteiger partial charge is 0.507 e. The van der Waals surface area contributed by atoms with Gasteiger partial charge in [-0.2, -0.15) is 0 Å². The molecular formula is C21H18O8. The Balaban J connectivity index is 1.91. The van der Waals surface area contributed by atoms with Crippen LogP contribution >= 0.6 is 0 Å². The molecule has 8 nitrogen and oxygen atoms in total. The molecule has 0 unspecified atom stereocenters. The van der Waals surface area contributed by atoms with Crippen LogP contribution in [0, 0.1) is 0 Å². The minimum atomic E-state index is -1.71. The van der Waals surface area contributed by atoms with Crippen molar-refractivity contribution >= 4 is 17.5 Å². The fourth-order valence-corrected chi connectivity index (χ4v) is 4.13.